The smallest absolute Gasteiger partial charge is 0.183 e. The number of nitrogens with one attached hydrogen (secondary N) is 1. The Balaban J connectivity index is 1.48. The number of halogens is 1. The lowest BCUT2D eigenvalue weighted by atomic mass is 10.1. The molecule has 1 fully saturated rings. The van der Waals surface area contributed by atoms with Crippen molar-refractivity contribution in [1.29, 1.82) is 0 Å². The van der Waals surface area contributed by atoms with E-state index in [4.69, 9.17) is 4.74 Å². The largest absolute Gasteiger partial charge is 0.379 e. The van der Waals surface area contributed by atoms with Crippen molar-refractivity contribution in [3.63, 3.8) is 0 Å². The van der Waals surface area contributed by atoms with Crippen LogP contribution in [0.2, 0.25) is 0 Å². The van der Waals surface area contributed by atoms with Gasteiger partial charge in [-0.15, -0.1) is 0 Å². The zero-order chi connectivity index (χ0) is 18.8. The molecular formula is C20H23FN4O2. The van der Waals surface area contributed by atoms with E-state index >= 15 is 0 Å². The van der Waals surface area contributed by atoms with Crippen LogP contribution in [0.25, 0.3) is 22.2 Å². The summed E-state index contributed by atoms with van der Waals surface area (Å²) < 4.78 is 21.3. The number of hydrogen-bond acceptors (Lipinski definition) is 4. The van der Waals surface area contributed by atoms with Gasteiger partial charge in [-0.25, -0.2) is 4.39 Å². The molecule has 7 heteroatoms. The van der Waals surface area contributed by atoms with Crippen LogP contribution in [0, 0.1) is 5.82 Å². The number of morpholine rings is 1. The summed E-state index contributed by atoms with van der Waals surface area (Å²) in [5, 5.41) is 4.89. The summed E-state index contributed by atoms with van der Waals surface area (Å²) in [4.78, 5) is 17.9. The van der Waals surface area contributed by atoms with Crippen LogP contribution in [-0.4, -0.2) is 58.3 Å². The molecule has 0 aliphatic carbocycles. The number of carbonyl (C=O) groups is 1. The van der Waals surface area contributed by atoms with E-state index < -0.39 is 0 Å². The Hall–Kier alpha value is -2.51. The third-order valence-corrected chi connectivity index (χ3v) is 5.08. The summed E-state index contributed by atoms with van der Waals surface area (Å²) in [6.07, 6.45) is 3.01. The zero-order valence-electron chi connectivity index (χ0n) is 15.4. The molecule has 6 nitrogen and oxygen atoms in total. The van der Waals surface area contributed by atoms with E-state index in [1.165, 1.54) is 6.07 Å². The molecule has 1 aliphatic rings. The van der Waals surface area contributed by atoms with Crippen molar-refractivity contribution in [3.05, 3.63) is 42.0 Å². The minimum Gasteiger partial charge on any atom is -0.379 e. The lowest BCUT2D eigenvalue weighted by molar-refractivity contribution is 0.0371. The fourth-order valence-corrected chi connectivity index (χ4v) is 3.61. The van der Waals surface area contributed by atoms with E-state index in [2.05, 4.69) is 15.0 Å². The number of Topliss-reactive ketones (excluding diaryl/α,β-unsaturated/α-hetero) is 1. The van der Waals surface area contributed by atoms with Crippen LogP contribution in [0.5, 0.6) is 0 Å². The summed E-state index contributed by atoms with van der Waals surface area (Å²) in [5.74, 6) is -0.270. The molecule has 4 rings (SSSR count). The van der Waals surface area contributed by atoms with Gasteiger partial charge in [0.1, 0.15) is 11.5 Å². The Morgan fingerprint density at radius 2 is 2.15 bits per heavy atom. The van der Waals surface area contributed by atoms with Crippen molar-refractivity contribution in [2.24, 2.45) is 7.05 Å². The van der Waals surface area contributed by atoms with Gasteiger partial charge in [-0.05, 0) is 31.2 Å². The van der Waals surface area contributed by atoms with Crippen molar-refractivity contribution >= 4 is 16.7 Å². The molecule has 0 atom stereocenters. The number of aromatic amines is 1. The first-order valence-corrected chi connectivity index (χ1v) is 9.27. The Labute approximate surface area is 156 Å². The number of rotatable bonds is 6. The molecule has 3 aromatic rings. The maximum Gasteiger partial charge on any atom is 0.183 e. The number of fused-ring (bicyclic) bond motifs is 1. The highest BCUT2D eigenvalue weighted by molar-refractivity contribution is 5.98. The van der Waals surface area contributed by atoms with E-state index in [-0.39, 0.29) is 11.6 Å². The van der Waals surface area contributed by atoms with Crippen LogP contribution < -0.4 is 0 Å². The molecule has 0 amide bonds. The van der Waals surface area contributed by atoms with Gasteiger partial charge in [0.25, 0.3) is 0 Å². The molecule has 1 saturated heterocycles. The summed E-state index contributed by atoms with van der Waals surface area (Å²) in [5.41, 5.74) is 2.60. The second-order valence-electron chi connectivity index (χ2n) is 6.88. The monoisotopic (exact) mass is 370 g/mol. The molecule has 0 bridgehead atoms. The minimum atomic E-state index is -0.289. The first kappa shape index (κ1) is 17.9. The first-order valence-electron chi connectivity index (χ1n) is 9.27. The zero-order valence-corrected chi connectivity index (χ0v) is 15.4. The molecule has 2 aromatic heterocycles. The lowest BCUT2D eigenvalue weighted by Crippen LogP contribution is -2.36. The SMILES string of the molecule is Cn1nc(C(=O)CCCN2CCOCC2)cc1-c1c[nH]c2cccc(F)c12. The van der Waals surface area contributed by atoms with Crippen LogP contribution >= 0.6 is 0 Å². The molecule has 0 saturated carbocycles. The van der Waals surface area contributed by atoms with Gasteiger partial charge < -0.3 is 9.72 Å². The number of H-pyrrole nitrogens is 1. The maximum atomic E-state index is 14.3. The number of ketones is 1. The average Bonchev–Trinajstić information content (AvgIpc) is 3.27. The molecule has 0 radical (unpaired) electrons. The van der Waals surface area contributed by atoms with Crippen LogP contribution in [0.1, 0.15) is 23.3 Å². The summed E-state index contributed by atoms with van der Waals surface area (Å²) in [7, 11) is 1.78. The minimum absolute atomic E-state index is 0.0189. The lowest BCUT2D eigenvalue weighted by Gasteiger charge is -2.26. The highest BCUT2D eigenvalue weighted by atomic mass is 19.1. The highest BCUT2D eigenvalue weighted by Crippen LogP contribution is 2.31. The van der Waals surface area contributed by atoms with Crippen LogP contribution in [0.3, 0.4) is 0 Å². The number of benzene rings is 1. The predicted octanol–water partition coefficient (Wildman–Crippen LogP) is 3.00. The molecule has 27 heavy (non-hydrogen) atoms. The molecule has 142 valence electrons. The van der Waals surface area contributed by atoms with Crippen molar-refractivity contribution < 1.29 is 13.9 Å². The van der Waals surface area contributed by atoms with E-state index in [0.717, 1.165) is 50.5 Å². The van der Waals surface area contributed by atoms with Crippen molar-refractivity contribution in [2.75, 3.05) is 32.8 Å². The van der Waals surface area contributed by atoms with Gasteiger partial charge >= 0.3 is 0 Å². The van der Waals surface area contributed by atoms with Gasteiger partial charge in [0, 0.05) is 49.2 Å². The van der Waals surface area contributed by atoms with E-state index in [0.29, 0.717) is 23.1 Å². The summed E-state index contributed by atoms with van der Waals surface area (Å²) in [6, 6.07) is 6.69. The topological polar surface area (TPSA) is 63.1 Å². The van der Waals surface area contributed by atoms with Crippen molar-refractivity contribution in [2.45, 2.75) is 12.8 Å². The molecular weight excluding hydrogens is 347 g/mol. The number of aromatic nitrogens is 3. The van der Waals surface area contributed by atoms with Crippen LogP contribution in [0.4, 0.5) is 4.39 Å². The van der Waals surface area contributed by atoms with Crippen molar-refractivity contribution in [3.8, 4) is 11.3 Å². The first-order chi connectivity index (χ1) is 13.1. The third-order valence-electron chi connectivity index (χ3n) is 5.08. The highest BCUT2D eigenvalue weighted by Gasteiger charge is 2.18. The standard InChI is InChI=1S/C20H23FN4O2/c1-24-18(14-13-22-16-5-2-4-15(21)20(14)16)12-17(23-24)19(26)6-3-7-25-8-10-27-11-9-25/h2,4-5,12-13,22H,3,6-11H2,1H3. The van der Waals surface area contributed by atoms with Gasteiger partial charge in [0.05, 0.1) is 18.9 Å². The van der Waals surface area contributed by atoms with Gasteiger partial charge in [0.15, 0.2) is 5.78 Å². The van der Waals surface area contributed by atoms with Gasteiger partial charge in [0.2, 0.25) is 0 Å². The van der Waals surface area contributed by atoms with Crippen LogP contribution in [0.15, 0.2) is 30.5 Å². The molecule has 1 N–H and O–H groups in total. The molecule has 1 aliphatic heterocycles. The third kappa shape index (κ3) is 3.65. The van der Waals surface area contributed by atoms with E-state index in [1.54, 1.807) is 30.1 Å². The maximum absolute atomic E-state index is 14.3. The number of ether oxygens (including phenoxy) is 1. The number of aryl methyl sites for hydroxylation is 1. The number of hydrogen-bond donors (Lipinski definition) is 1. The summed E-state index contributed by atoms with van der Waals surface area (Å²) >= 11 is 0. The van der Waals surface area contributed by atoms with E-state index in [1.807, 2.05) is 6.07 Å². The molecule has 0 unspecified atom stereocenters. The summed E-state index contributed by atoms with van der Waals surface area (Å²) in [6.45, 7) is 4.27. The fraction of sp³-hybridized carbons (Fsp3) is 0.400. The van der Waals surface area contributed by atoms with Gasteiger partial charge in [-0.3, -0.25) is 14.4 Å². The van der Waals surface area contributed by atoms with E-state index in [9.17, 15) is 9.18 Å². The van der Waals surface area contributed by atoms with Gasteiger partial charge in [-0.1, -0.05) is 6.07 Å². The fourth-order valence-electron chi connectivity index (χ4n) is 3.61. The molecule has 1 aromatic carbocycles. The quantitative estimate of drug-likeness (QED) is 0.678. The number of carbonyl (C=O) groups excluding carboxylic acids is 1. The molecule has 0 spiro atoms. The Morgan fingerprint density at radius 1 is 1.33 bits per heavy atom. The normalized spacial score (nSPS) is 15.5. The Bertz CT molecular complexity index is 956. The number of nitrogens with zero attached hydrogens (tertiary/aromatic N) is 3. The Kier molecular flexibility index (Phi) is 5.05. The van der Waals surface area contributed by atoms with Gasteiger partial charge in [-0.2, -0.15) is 5.10 Å². The average molecular weight is 370 g/mol. The second kappa shape index (κ2) is 7.62. The Morgan fingerprint density at radius 3 is 2.96 bits per heavy atom. The molecule has 3 heterocycles. The van der Waals surface area contributed by atoms with Crippen molar-refractivity contribution in [1.82, 2.24) is 19.7 Å². The van der Waals surface area contributed by atoms with Crippen LogP contribution in [-0.2, 0) is 11.8 Å². The second-order valence-corrected chi connectivity index (χ2v) is 6.88. The predicted molar refractivity (Wildman–Crippen MR) is 101 cm³/mol.